The molecule has 1 aromatic heterocycles. The zero-order valence-corrected chi connectivity index (χ0v) is 11.9. The highest BCUT2D eigenvalue weighted by Gasteiger charge is 2.28. The van der Waals surface area contributed by atoms with E-state index in [1.54, 1.807) is 0 Å². The maximum atomic E-state index is 11.1. The van der Waals surface area contributed by atoms with Crippen molar-refractivity contribution in [3.8, 4) is 0 Å². The predicted octanol–water partition coefficient (Wildman–Crippen LogP) is 1.46. The monoisotopic (exact) mass is 284 g/mol. The lowest BCUT2D eigenvalue weighted by molar-refractivity contribution is 0.100. The van der Waals surface area contributed by atoms with E-state index >= 15 is 0 Å². The summed E-state index contributed by atoms with van der Waals surface area (Å²) in [6.45, 7) is 4.43. The molecular formula is C11H16N4OS2. The molecule has 0 aromatic carbocycles. The molecule has 0 spiro atoms. The fourth-order valence-corrected chi connectivity index (χ4v) is 4.52. The molecule has 1 fully saturated rings. The summed E-state index contributed by atoms with van der Waals surface area (Å²) >= 11 is 3.77. The van der Waals surface area contributed by atoms with Gasteiger partial charge in [0.1, 0.15) is 11.6 Å². The van der Waals surface area contributed by atoms with E-state index in [0.29, 0.717) is 16.3 Å². The Balaban J connectivity index is 2.19. The van der Waals surface area contributed by atoms with Gasteiger partial charge in [-0.3, -0.25) is 4.79 Å². The number of hydrogen-bond acceptors (Lipinski definition) is 6. The van der Waals surface area contributed by atoms with Crippen LogP contribution in [0.25, 0.3) is 0 Å². The Hall–Kier alpha value is -0.950. The fraction of sp³-hybridized carbons (Fsp3) is 0.545. The van der Waals surface area contributed by atoms with Crippen LogP contribution >= 0.6 is 23.5 Å². The number of nitrogens with zero attached hydrogens (tertiary/aromatic N) is 2. The van der Waals surface area contributed by atoms with Crippen molar-refractivity contribution < 1.29 is 4.79 Å². The normalized spacial score (nSPS) is 28.0. The number of anilines is 1. The van der Waals surface area contributed by atoms with Gasteiger partial charge in [-0.25, -0.2) is 9.97 Å². The summed E-state index contributed by atoms with van der Waals surface area (Å²) in [5.41, 5.74) is 11.1. The molecule has 2 heterocycles. The summed E-state index contributed by atoms with van der Waals surface area (Å²) in [6, 6.07) is 0. The molecule has 3 unspecified atom stereocenters. The third kappa shape index (κ3) is 2.72. The molecule has 7 heteroatoms. The summed E-state index contributed by atoms with van der Waals surface area (Å²) in [6.07, 6.45) is 1.42. The molecule has 1 amide bonds. The molecular weight excluding hydrogens is 268 g/mol. The van der Waals surface area contributed by atoms with E-state index in [1.165, 1.54) is 6.20 Å². The van der Waals surface area contributed by atoms with Crippen molar-refractivity contribution in [1.82, 2.24) is 9.97 Å². The zero-order chi connectivity index (χ0) is 13.3. The van der Waals surface area contributed by atoms with Gasteiger partial charge in [-0.2, -0.15) is 11.8 Å². The molecule has 1 saturated heterocycles. The molecule has 4 N–H and O–H groups in total. The van der Waals surface area contributed by atoms with Crippen molar-refractivity contribution in [2.24, 2.45) is 5.73 Å². The molecule has 3 atom stereocenters. The lowest BCUT2D eigenvalue weighted by atomic mass is 10.3. The Morgan fingerprint density at radius 2 is 2.17 bits per heavy atom. The first-order valence-electron chi connectivity index (χ1n) is 5.68. The molecule has 98 valence electrons. The Bertz CT molecular complexity index is 468. The Morgan fingerprint density at radius 3 is 2.72 bits per heavy atom. The van der Waals surface area contributed by atoms with Gasteiger partial charge in [-0.1, -0.05) is 13.8 Å². The number of primary amides is 1. The number of carbonyl (C=O) groups is 1. The van der Waals surface area contributed by atoms with Crippen LogP contribution in [-0.2, 0) is 0 Å². The lowest BCUT2D eigenvalue weighted by Crippen LogP contribution is -2.24. The number of nitrogen functional groups attached to an aromatic ring is 1. The molecule has 1 aromatic rings. The van der Waals surface area contributed by atoms with Crippen LogP contribution in [0.2, 0.25) is 0 Å². The maximum Gasteiger partial charge on any atom is 0.254 e. The quantitative estimate of drug-likeness (QED) is 0.853. The third-order valence-electron chi connectivity index (χ3n) is 2.94. The second-order valence-corrected chi connectivity index (χ2v) is 7.25. The molecule has 0 aliphatic carbocycles. The highest BCUT2D eigenvalue weighted by atomic mass is 32.2. The summed E-state index contributed by atoms with van der Waals surface area (Å²) in [5.74, 6) is 1.23. The van der Waals surface area contributed by atoms with Crippen LogP contribution in [0, 0.1) is 0 Å². The number of thioether (sulfide) groups is 2. The first-order valence-corrected chi connectivity index (χ1v) is 7.67. The van der Waals surface area contributed by atoms with Crippen LogP contribution in [0.3, 0.4) is 0 Å². The van der Waals surface area contributed by atoms with E-state index < -0.39 is 5.91 Å². The first kappa shape index (κ1) is 13.5. The van der Waals surface area contributed by atoms with Crippen molar-refractivity contribution in [1.29, 1.82) is 0 Å². The number of hydrogen-bond donors (Lipinski definition) is 2. The van der Waals surface area contributed by atoms with Gasteiger partial charge < -0.3 is 11.5 Å². The van der Waals surface area contributed by atoms with E-state index in [0.717, 1.165) is 5.75 Å². The molecule has 0 bridgehead atoms. The molecule has 1 aliphatic heterocycles. The van der Waals surface area contributed by atoms with Crippen molar-refractivity contribution in [3.05, 3.63) is 17.6 Å². The minimum absolute atomic E-state index is 0.171. The molecule has 1 aliphatic rings. The smallest absolute Gasteiger partial charge is 0.254 e. The molecule has 5 nitrogen and oxygen atoms in total. The standard InChI is InChI=1S/C11H16N4OS2/c1-5-6(2)18-8(4-17-5)11-14-3-7(10(13)16)9(12)15-11/h3,5-6,8H,4H2,1-2H3,(H2,13,16)(H2,12,14,15). The van der Waals surface area contributed by atoms with Crippen LogP contribution in [0.5, 0.6) is 0 Å². The topological polar surface area (TPSA) is 94.9 Å². The summed E-state index contributed by atoms with van der Waals surface area (Å²) in [4.78, 5) is 19.5. The largest absolute Gasteiger partial charge is 0.383 e. The van der Waals surface area contributed by atoms with Gasteiger partial charge in [-0.15, -0.1) is 11.8 Å². The van der Waals surface area contributed by atoms with Crippen molar-refractivity contribution in [2.45, 2.75) is 29.6 Å². The van der Waals surface area contributed by atoms with Crippen LogP contribution in [0.1, 0.15) is 35.3 Å². The SMILES string of the molecule is CC1SCC(c2ncc(C(N)=O)c(N)n2)SC1C. The second-order valence-electron chi connectivity index (χ2n) is 4.26. The highest BCUT2D eigenvalue weighted by molar-refractivity contribution is 8.07. The van der Waals surface area contributed by atoms with Gasteiger partial charge >= 0.3 is 0 Å². The van der Waals surface area contributed by atoms with E-state index in [9.17, 15) is 4.79 Å². The summed E-state index contributed by atoms with van der Waals surface area (Å²) < 4.78 is 0. The molecule has 18 heavy (non-hydrogen) atoms. The second kappa shape index (κ2) is 5.36. The minimum Gasteiger partial charge on any atom is -0.383 e. The average Bonchev–Trinajstić information content (AvgIpc) is 2.32. The van der Waals surface area contributed by atoms with Crippen LogP contribution in [-0.4, -0.2) is 32.1 Å². The molecule has 2 rings (SSSR count). The van der Waals surface area contributed by atoms with Crippen molar-refractivity contribution in [2.75, 3.05) is 11.5 Å². The lowest BCUT2D eigenvalue weighted by Gasteiger charge is -2.30. The van der Waals surface area contributed by atoms with E-state index in [-0.39, 0.29) is 16.6 Å². The predicted molar refractivity (Wildman–Crippen MR) is 76.7 cm³/mol. The van der Waals surface area contributed by atoms with Crippen LogP contribution in [0.15, 0.2) is 6.20 Å². The fourth-order valence-electron chi connectivity index (χ4n) is 1.67. The van der Waals surface area contributed by atoms with Gasteiger partial charge in [-0.05, 0) is 0 Å². The van der Waals surface area contributed by atoms with Gasteiger partial charge in [0, 0.05) is 22.4 Å². The number of amides is 1. The van der Waals surface area contributed by atoms with Gasteiger partial charge in [0.2, 0.25) is 0 Å². The molecule has 0 radical (unpaired) electrons. The van der Waals surface area contributed by atoms with E-state index in [1.807, 2.05) is 23.5 Å². The van der Waals surface area contributed by atoms with E-state index in [2.05, 4.69) is 23.8 Å². The summed E-state index contributed by atoms with van der Waals surface area (Å²) in [5, 5.41) is 1.41. The Morgan fingerprint density at radius 1 is 1.44 bits per heavy atom. The van der Waals surface area contributed by atoms with E-state index in [4.69, 9.17) is 11.5 Å². The number of aromatic nitrogens is 2. The highest BCUT2D eigenvalue weighted by Crippen LogP contribution is 2.43. The summed E-state index contributed by atoms with van der Waals surface area (Å²) in [7, 11) is 0. The van der Waals surface area contributed by atoms with Gasteiger partial charge in [0.05, 0.1) is 10.8 Å². The number of nitrogens with two attached hydrogens (primary N) is 2. The first-order chi connectivity index (χ1) is 8.49. The minimum atomic E-state index is -0.591. The third-order valence-corrected chi connectivity index (χ3v) is 6.33. The van der Waals surface area contributed by atoms with Gasteiger partial charge in [0.25, 0.3) is 5.91 Å². The Labute approximate surface area is 115 Å². The van der Waals surface area contributed by atoms with Crippen LogP contribution in [0.4, 0.5) is 5.82 Å². The zero-order valence-electron chi connectivity index (χ0n) is 10.3. The maximum absolute atomic E-state index is 11.1. The average molecular weight is 284 g/mol. The van der Waals surface area contributed by atoms with Crippen molar-refractivity contribution >= 4 is 35.2 Å². The Kier molecular flexibility index (Phi) is 4.01. The molecule has 0 saturated carbocycles. The number of carbonyl (C=O) groups excluding carboxylic acids is 1. The van der Waals surface area contributed by atoms with Crippen molar-refractivity contribution in [3.63, 3.8) is 0 Å². The number of rotatable bonds is 2. The van der Waals surface area contributed by atoms with Gasteiger partial charge in [0.15, 0.2) is 0 Å². The van der Waals surface area contributed by atoms with Crippen LogP contribution < -0.4 is 11.5 Å².